The molecular weight excluding hydrogens is 368 g/mol. The molecule has 0 atom stereocenters. The van der Waals surface area contributed by atoms with Crippen molar-refractivity contribution in [2.45, 2.75) is 20.4 Å². The fourth-order valence-electron chi connectivity index (χ4n) is 2.95. The molecule has 2 aromatic heterocycles. The summed E-state index contributed by atoms with van der Waals surface area (Å²) in [6.45, 7) is 4.65. The Hall–Kier alpha value is -3.74. The number of aromatic nitrogens is 4. The molecule has 29 heavy (non-hydrogen) atoms. The second-order valence-electron chi connectivity index (χ2n) is 6.55. The van der Waals surface area contributed by atoms with Crippen molar-refractivity contribution in [2.24, 2.45) is 0 Å². The second kappa shape index (κ2) is 8.10. The van der Waals surface area contributed by atoms with Crippen molar-refractivity contribution in [1.29, 1.82) is 0 Å². The van der Waals surface area contributed by atoms with Gasteiger partial charge < -0.3 is 9.26 Å². The molecule has 0 aliphatic heterocycles. The molecule has 2 aromatic carbocycles. The predicted molar refractivity (Wildman–Crippen MR) is 109 cm³/mol. The van der Waals surface area contributed by atoms with Crippen molar-refractivity contribution in [1.82, 2.24) is 19.9 Å². The molecule has 2 heterocycles. The van der Waals surface area contributed by atoms with Crippen LogP contribution in [0.25, 0.3) is 22.6 Å². The Bertz CT molecular complexity index is 1180. The van der Waals surface area contributed by atoms with Crippen molar-refractivity contribution in [2.75, 3.05) is 6.61 Å². The fourth-order valence-corrected chi connectivity index (χ4v) is 2.95. The van der Waals surface area contributed by atoms with E-state index < -0.39 is 0 Å². The Balaban J connectivity index is 1.58. The molecular formula is C22H20N4O3. The molecule has 0 N–H and O–H groups in total. The van der Waals surface area contributed by atoms with Crippen LogP contribution in [0.3, 0.4) is 0 Å². The van der Waals surface area contributed by atoms with Gasteiger partial charge in [-0.1, -0.05) is 28.9 Å². The summed E-state index contributed by atoms with van der Waals surface area (Å²) >= 11 is 0. The number of nitrogens with zero attached hydrogens (tertiary/aromatic N) is 4. The average Bonchev–Trinajstić information content (AvgIpc) is 3.19. The summed E-state index contributed by atoms with van der Waals surface area (Å²) in [7, 11) is 0. The van der Waals surface area contributed by atoms with E-state index in [1.54, 1.807) is 6.07 Å². The van der Waals surface area contributed by atoms with Crippen LogP contribution >= 0.6 is 0 Å². The third kappa shape index (κ3) is 4.24. The molecule has 0 spiro atoms. The van der Waals surface area contributed by atoms with E-state index in [0.29, 0.717) is 24.0 Å². The first-order valence-electron chi connectivity index (χ1n) is 9.33. The van der Waals surface area contributed by atoms with Gasteiger partial charge in [-0.25, -0.2) is 4.68 Å². The number of ether oxygens (including phenoxy) is 1. The van der Waals surface area contributed by atoms with Gasteiger partial charge in [0.2, 0.25) is 11.7 Å². The Labute approximate surface area is 167 Å². The molecule has 0 bridgehead atoms. The number of aryl methyl sites for hydroxylation is 1. The van der Waals surface area contributed by atoms with E-state index in [2.05, 4.69) is 15.2 Å². The van der Waals surface area contributed by atoms with Crippen molar-refractivity contribution in [3.05, 3.63) is 82.5 Å². The summed E-state index contributed by atoms with van der Waals surface area (Å²) in [4.78, 5) is 16.7. The highest BCUT2D eigenvalue weighted by Gasteiger charge is 2.12. The summed E-state index contributed by atoms with van der Waals surface area (Å²) < 4.78 is 12.1. The van der Waals surface area contributed by atoms with Gasteiger partial charge in [-0.3, -0.25) is 4.79 Å². The third-order valence-electron chi connectivity index (χ3n) is 4.36. The van der Waals surface area contributed by atoms with Crippen LogP contribution in [0.5, 0.6) is 5.75 Å². The Morgan fingerprint density at radius 2 is 1.86 bits per heavy atom. The minimum Gasteiger partial charge on any atom is -0.494 e. The van der Waals surface area contributed by atoms with Crippen LogP contribution in [-0.4, -0.2) is 26.5 Å². The second-order valence-corrected chi connectivity index (χ2v) is 6.55. The van der Waals surface area contributed by atoms with E-state index in [1.807, 2.05) is 62.4 Å². The van der Waals surface area contributed by atoms with E-state index >= 15 is 0 Å². The molecule has 0 amide bonds. The highest BCUT2D eigenvalue weighted by Crippen LogP contribution is 2.20. The zero-order valence-corrected chi connectivity index (χ0v) is 16.2. The van der Waals surface area contributed by atoms with E-state index in [0.717, 1.165) is 22.4 Å². The maximum atomic E-state index is 12.3. The van der Waals surface area contributed by atoms with Gasteiger partial charge in [0.1, 0.15) is 12.3 Å². The van der Waals surface area contributed by atoms with Crippen LogP contribution < -0.4 is 10.3 Å². The molecule has 0 aliphatic rings. The largest absolute Gasteiger partial charge is 0.494 e. The first kappa shape index (κ1) is 18.6. The van der Waals surface area contributed by atoms with Gasteiger partial charge in [0.05, 0.1) is 12.3 Å². The first-order valence-corrected chi connectivity index (χ1v) is 9.33. The zero-order valence-electron chi connectivity index (χ0n) is 16.2. The van der Waals surface area contributed by atoms with E-state index in [1.165, 1.54) is 10.7 Å². The Kier molecular flexibility index (Phi) is 5.20. The highest BCUT2D eigenvalue weighted by atomic mass is 16.5. The minimum atomic E-state index is -0.241. The van der Waals surface area contributed by atoms with E-state index in [-0.39, 0.29) is 12.1 Å². The van der Waals surface area contributed by atoms with Gasteiger partial charge in [-0.05, 0) is 50.2 Å². The lowest BCUT2D eigenvalue weighted by Crippen LogP contribution is -2.23. The first-order chi connectivity index (χ1) is 14.1. The molecule has 146 valence electrons. The van der Waals surface area contributed by atoms with Gasteiger partial charge in [0.25, 0.3) is 5.56 Å². The predicted octanol–water partition coefficient (Wildman–Crippen LogP) is 3.72. The summed E-state index contributed by atoms with van der Waals surface area (Å²) in [6, 6.07) is 18.6. The molecule has 4 aromatic rings. The zero-order chi connectivity index (χ0) is 20.2. The van der Waals surface area contributed by atoms with Crippen LogP contribution in [0.2, 0.25) is 0 Å². The molecule has 0 aliphatic carbocycles. The SMILES string of the molecule is CCOc1ccc(-c2ccc(=O)n(Cc3nc(-c4cccc(C)c4)no3)n2)cc1. The quantitative estimate of drug-likeness (QED) is 0.501. The van der Waals surface area contributed by atoms with Gasteiger partial charge in [-0.2, -0.15) is 10.1 Å². The molecule has 7 nitrogen and oxygen atoms in total. The van der Waals surface area contributed by atoms with Crippen LogP contribution in [0.15, 0.2) is 70.0 Å². The minimum absolute atomic E-state index is 0.0997. The molecule has 0 unspecified atom stereocenters. The fraction of sp³-hybridized carbons (Fsp3) is 0.182. The molecule has 0 saturated heterocycles. The molecule has 0 saturated carbocycles. The molecule has 4 rings (SSSR count). The normalized spacial score (nSPS) is 10.8. The highest BCUT2D eigenvalue weighted by molar-refractivity contribution is 5.59. The van der Waals surface area contributed by atoms with Gasteiger partial charge in [0, 0.05) is 17.2 Å². The van der Waals surface area contributed by atoms with Gasteiger partial charge in [0.15, 0.2) is 0 Å². The maximum Gasteiger partial charge on any atom is 0.267 e. The molecule has 0 fully saturated rings. The van der Waals surface area contributed by atoms with Crippen LogP contribution in [0.1, 0.15) is 18.4 Å². The molecule has 7 heteroatoms. The van der Waals surface area contributed by atoms with Crippen molar-refractivity contribution in [3.63, 3.8) is 0 Å². The Morgan fingerprint density at radius 1 is 1.03 bits per heavy atom. The standard InChI is InChI=1S/C22H20N4O3/c1-3-28-18-9-7-16(8-10-18)19-11-12-21(27)26(24-19)14-20-23-22(25-29-20)17-6-4-5-15(2)13-17/h4-13H,3,14H2,1-2H3. The van der Waals surface area contributed by atoms with Crippen LogP contribution in [-0.2, 0) is 6.54 Å². The lowest BCUT2D eigenvalue weighted by atomic mass is 10.1. The lowest BCUT2D eigenvalue weighted by molar-refractivity contribution is 0.340. The van der Waals surface area contributed by atoms with Crippen molar-refractivity contribution >= 4 is 0 Å². The number of hydrogen-bond acceptors (Lipinski definition) is 6. The summed E-state index contributed by atoms with van der Waals surface area (Å²) in [6.07, 6.45) is 0. The van der Waals surface area contributed by atoms with E-state index in [4.69, 9.17) is 9.26 Å². The van der Waals surface area contributed by atoms with Gasteiger partial charge in [-0.15, -0.1) is 0 Å². The van der Waals surface area contributed by atoms with Gasteiger partial charge >= 0.3 is 0 Å². The maximum absolute atomic E-state index is 12.3. The smallest absolute Gasteiger partial charge is 0.267 e. The number of benzene rings is 2. The third-order valence-corrected chi connectivity index (χ3v) is 4.36. The van der Waals surface area contributed by atoms with E-state index in [9.17, 15) is 4.79 Å². The van der Waals surface area contributed by atoms with Crippen LogP contribution in [0.4, 0.5) is 0 Å². The van der Waals surface area contributed by atoms with Crippen molar-refractivity contribution < 1.29 is 9.26 Å². The Morgan fingerprint density at radius 3 is 2.62 bits per heavy atom. The number of rotatable bonds is 6. The van der Waals surface area contributed by atoms with Crippen LogP contribution in [0, 0.1) is 6.92 Å². The lowest BCUT2D eigenvalue weighted by Gasteiger charge is -2.07. The summed E-state index contributed by atoms with van der Waals surface area (Å²) in [5.41, 5.74) is 3.28. The monoisotopic (exact) mass is 388 g/mol. The summed E-state index contributed by atoms with van der Waals surface area (Å²) in [5.74, 6) is 1.60. The number of hydrogen-bond donors (Lipinski definition) is 0. The molecule has 0 radical (unpaired) electrons. The topological polar surface area (TPSA) is 83.0 Å². The average molecular weight is 388 g/mol. The summed E-state index contributed by atoms with van der Waals surface area (Å²) in [5, 5.41) is 8.46. The van der Waals surface area contributed by atoms with Crippen molar-refractivity contribution in [3.8, 4) is 28.4 Å².